The Bertz CT molecular complexity index is 558. The molecule has 0 saturated heterocycles. The molecule has 1 aliphatic carbocycles. The van der Waals surface area contributed by atoms with Crippen molar-refractivity contribution in [2.75, 3.05) is 0 Å². The Morgan fingerprint density at radius 3 is 2.89 bits per heavy atom. The van der Waals surface area contributed by atoms with E-state index in [9.17, 15) is 0 Å². The fourth-order valence-electron chi connectivity index (χ4n) is 2.03. The molecule has 1 N–H and O–H groups in total. The van der Waals surface area contributed by atoms with Crippen molar-refractivity contribution in [3.8, 4) is 5.69 Å². The minimum absolute atomic E-state index is 0.733. The lowest BCUT2D eigenvalue weighted by Crippen LogP contribution is -2.15. The average molecular weight is 306 g/mol. The van der Waals surface area contributed by atoms with E-state index in [1.54, 1.807) is 0 Å². The van der Waals surface area contributed by atoms with E-state index in [0.717, 1.165) is 22.7 Å². The molecule has 1 saturated carbocycles. The summed E-state index contributed by atoms with van der Waals surface area (Å²) in [5, 5.41) is 8.02. The molecule has 0 bridgehead atoms. The van der Waals surface area contributed by atoms with Gasteiger partial charge in [-0.25, -0.2) is 4.68 Å². The number of hydrogen-bond acceptors (Lipinski definition) is 2. The number of aromatic nitrogens is 2. The van der Waals surface area contributed by atoms with E-state index in [-0.39, 0.29) is 0 Å². The summed E-state index contributed by atoms with van der Waals surface area (Å²) in [5.74, 6) is 0. The van der Waals surface area contributed by atoms with Crippen LogP contribution in [0.15, 0.2) is 34.9 Å². The van der Waals surface area contributed by atoms with Crippen molar-refractivity contribution < 1.29 is 0 Å². The molecule has 2 aromatic rings. The number of nitrogens with zero attached hydrogens (tertiary/aromatic N) is 2. The van der Waals surface area contributed by atoms with E-state index in [1.807, 2.05) is 29.1 Å². The Kier molecular flexibility index (Phi) is 3.22. The third kappa shape index (κ3) is 2.35. The lowest BCUT2D eigenvalue weighted by atomic mass is 10.2. The maximum atomic E-state index is 4.49. The minimum atomic E-state index is 0.733. The Morgan fingerprint density at radius 1 is 1.39 bits per heavy atom. The molecule has 3 rings (SSSR count). The van der Waals surface area contributed by atoms with Crippen molar-refractivity contribution in [1.82, 2.24) is 15.1 Å². The summed E-state index contributed by atoms with van der Waals surface area (Å²) in [5.41, 5.74) is 3.57. The van der Waals surface area contributed by atoms with Gasteiger partial charge in [0, 0.05) is 28.3 Å². The van der Waals surface area contributed by atoms with Crippen molar-refractivity contribution in [3.63, 3.8) is 0 Å². The SMILES string of the molecule is Cc1c(CNC2CC2)cnn1-c1ccccc1Br. The van der Waals surface area contributed by atoms with Crippen LogP contribution in [-0.4, -0.2) is 15.8 Å². The molecule has 1 aromatic heterocycles. The van der Waals surface area contributed by atoms with Gasteiger partial charge < -0.3 is 5.32 Å². The van der Waals surface area contributed by atoms with Gasteiger partial charge in [0.1, 0.15) is 0 Å². The first-order chi connectivity index (χ1) is 8.75. The van der Waals surface area contributed by atoms with Gasteiger partial charge in [-0.15, -0.1) is 0 Å². The molecule has 1 heterocycles. The third-order valence-electron chi connectivity index (χ3n) is 3.35. The summed E-state index contributed by atoms with van der Waals surface area (Å²) >= 11 is 3.57. The molecule has 1 aromatic carbocycles. The number of nitrogens with one attached hydrogen (secondary N) is 1. The lowest BCUT2D eigenvalue weighted by molar-refractivity contribution is 0.684. The van der Waals surface area contributed by atoms with E-state index in [0.29, 0.717) is 0 Å². The van der Waals surface area contributed by atoms with Gasteiger partial charge in [-0.2, -0.15) is 5.10 Å². The van der Waals surface area contributed by atoms with E-state index >= 15 is 0 Å². The molecule has 0 radical (unpaired) electrons. The number of halogens is 1. The predicted octanol–water partition coefficient (Wildman–Crippen LogP) is 3.20. The van der Waals surface area contributed by atoms with Gasteiger partial charge in [0.2, 0.25) is 0 Å². The maximum absolute atomic E-state index is 4.49. The molecule has 0 spiro atoms. The normalized spacial score (nSPS) is 15.0. The molecule has 4 heteroatoms. The van der Waals surface area contributed by atoms with Crippen LogP contribution in [0, 0.1) is 6.92 Å². The second-order valence-corrected chi connectivity index (χ2v) is 5.63. The van der Waals surface area contributed by atoms with Crippen molar-refractivity contribution in [2.24, 2.45) is 0 Å². The third-order valence-corrected chi connectivity index (χ3v) is 4.02. The van der Waals surface area contributed by atoms with Crippen LogP contribution >= 0.6 is 15.9 Å². The molecule has 0 amide bonds. The zero-order chi connectivity index (χ0) is 12.5. The summed E-state index contributed by atoms with van der Waals surface area (Å²) in [6, 6.07) is 8.89. The molecule has 1 aliphatic rings. The predicted molar refractivity (Wildman–Crippen MR) is 75.9 cm³/mol. The minimum Gasteiger partial charge on any atom is -0.310 e. The first kappa shape index (κ1) is 11.9. The van der Waals surface area contributed by atoms with Crippen LogP contribution in [0.4, 0.5) is 0 Å². The van der Waals surface area contributed by atoms with E-state index in [1.165, 1.54) is 24.1 Å². The molecule has 0 atom stereocenters. The largest absolute Gasteiger partial charge is 0.310 e. The Balaban J connectivity index is 1.86. The van der Waals surface area contributed by atoms with Crippen molar-refractivity contribution in [2.45, 2.75) is 32.4 Å². The van der Waals surface area contributed by atoms with Crippen molar-refractivity contribution in [3.05, 3.63) is 46.2 Å². The summed E-state index contributed by atoms with van der Waals surface area (Å²) in [4.78, 5) is 0. The van der Waals surface area contributed by atoms with Crippen LogP contribution < -0.4 is 5.32 Å². The molecular weight excluding hydrogens is 290 g/mol. The maximum Gasteiger partial charge on any atom is 0.0790 e. The smallest absolute Gasteiger partial charge is 0.0790 e. The highest BCUT2D eigenvalue weighted by molar-refractivity contribution is 9.10. The zero-order valence-corrected chi connectivity index (χ0v) is 11.9. The molecule has 18 heavy (non-hydrogen) atoms. The van der Waals surface area contributed by atoms with Crippen molar-refractivity contribution in [1.29, 1.82) is 0 Å². The Morgan fingerprint density at radius 2 is 2.17 bits per heavy atom. The van der Waals surface area contributed by atoms with Crippen molar-refractivity contribution >= 4 is 15.9 Å². The average Bonchev–Trinajstić information content (AvgIpc) is 3.13. The van der Waals surface area contributed by atoms with Crippen LogP contribution in [-0.2, 0) is 6.54 Å². The molecular formula is C14H16BrN3. The molecule has 3 nitrogen and oxygen atoms in total. The molecule has 1 fully saturated rings. The lowest BCUT2D eigenvalue weighted by Gasteiger charge is -2.08. The quantitative estimate of drug-likeness (QED) is 0.940. The van der Waals surface area contributed by atoms with Gasteiger partial charge in [0.15, 0.2) is 0 Å². The fraction of sp³-hybridized carbons (Fsp3) is 0.357. The van der Waals surface area contributed by atoms with Gasteiger partial charge >= 0.3 is 0 Å². The monoisotopic (exact) mass is 305 g/mol. The van der Waals surface area contributed by atoms with Crippen LogP contribution in [0.5, 0.6) is 0 Å². The van der Waals surface area contributed by atoms with Crippen LogP contribution in [0.2, 0.25) is 0 Å². The molecule has 0 unspecified atom stereocenters. The van der Waals surface area contributed by atoms with E-state index in [4.69, 9.17) is 0 Å². The second-order valence-electron chi connectivity index (χ2n) is 4.77. The molecule has 94 valence electrons. The van der Waals surface area contributed by atoms with Gasteiger partial charge in [-0.1, -0.05) is 12.1 Å². The first-order valence-electron chi connectivity index (χ1n) is 6.27. The van der Waals surface area contributed by atoms with Crippen LogP contribution in [0.3, 0.4) is 0 Å². The second kappa shape index (κ2) is 4.86. The number of hydrogen-bond donors (Lipinski definition) is 1. The number of para-hydroxylation sites is 1. The zero-order valence-electron chi connectivity index (χ0n) is 10.4. The highest BCUT2D eigenvalue weighted by Gasteiger charge is 2.21. The number of benzene rings is 1. The van der Waals surface area contributed by atoms with E-state index in [2.05, 4.69) is 39.3 Å². The van der Waals surface area contributed by atoms with Crippen LogP contribution in [0.1, 0.15) is 24.1 Å². The highest BCUT2D eigenvalue weighted by atomic mass is 79.9. The van der Waals surface area contributed by atoms with Gasteiger partial charge in [-0.3, -0.25) is 0 Å². The van der Waals surface area contributed by atoms with Crippen LogP contribution in [0.25, 0.3) is 5.69 Å². The first-order valence-corrected chi connectivity index (χ1v) is 7.07. The summed E-state index contributed by atoms with van der Waals surface area (Å²) in [6.45, 7) is 3.04. The highest BCUT2D eigenvalue weighted by Crippen LogP contribution is 2.23. The van der Waals surface area contributed by atoms with Gasteiger partial charge in [-0.05, 0) is 47.8 Å². The molecule has 0 aliphatic heterocycles. The summed E-state index contributed by atoms with van der Waals surface area (Å²) in [7, 11) is 0. The Hall–Kier alpha value is -1.13. The summed E-state index contributed by atoms with van der Waals surface area (Å²) < 4.78 is 3.06. The fourth-order valence-corrected chi connectivity index (χ4v) is 2.48. The topological polar surface area (TPSA) is 29.9 Å². The van der Waals surface area contributed by atoms with E-state index < -0.39 is 0 Å². The summed E-state index contributed by atoms with van der Waals surface area (Å²) in [6.07, 6.45) is 4.60. The van der Waals surface area contributed by atoms with Gasteiger partial charge in [0.25, 0.3) is 0 Å². The van der Waals surface area contributed by atoms with Gasteiger partial charge in [0.05, 0.1) is 11.9 Å². The number of rotatable bonds is 4. The standard InChI is InChI=1S/C14H16BrN3/c1-10-11(8-16-12-6-7-12)9-17-18(10)14-5-3-2-4-13(14)15/h2-5,9,12,16H,6-8H2,1H3. The Labute approximate surface area is 115 Å².